The Kier molecular flexibility index (Phi) is 7.97. The van der Waals surface area contributed by atoms with Gasteiger partial charge in [-0.2, -0.15) is 5.10 Å². The van der Waals surface area contributed by atoms with Crippen LogP contribution in [0.3, 0.4) is 0 Å². The van der Waals surface area contributed by atoms with E-state index in [1.807, 2.05) is 36.4 Å². The van der Waals surface area contributed by atoms with Crippen molar-refractivity contribution in [2.24, 2.45) is 5.10 Å². The molecule has 2 N–H and O–H groups in total. The molecule has 0 fully saturated rings. The first-order valence-corrected chi connectivity index (χ1v) is 10.4. The average Bonchev–Trinajstić information content (AvgIpc) is 2.74. The highest BCUT2D eigenvalue weighted by Crippen LogP contribution is 2.34. The Hall–Kier alpha value is -2.72. The van der Waals surface area contributed by atoms with Gasteiger partial charge in [-0.25, -0.2) is 4.39 Å². The van der Waals surface area contributed by atoms with Crippen molar-refractivity contribution in [1.29, 1.82) is 0 Å². The Labute approximate surface area is 193 Å². The lowest BCUT2D eigenvalue weighted by atomic mass is 10.2. The molecule has 0 bridgehead atoms. The van der Waals surface area contributed by atoms with Gasteiger partial charge in [0.25, 0.3) is 0 Å². The maximum atomic E-state index is 13.8. The molecule has 8 heteroatoms. The quantitative estimate of drug-likeness (QED) is 0.185. The van der Waals surface area contributed by atoms with Gasteiger partial charge in [0.05, 0.1) is 16.9 Å². The molecular formula is C22H19FIN3O2S. The van der Waals surface area contributed by atoms with Crippen LogP contribution in [0.4, 0.5) is 10.1 Å². The molecule has 0 aliphatic rings. The number of ether oxygens (including phenoxy) is 2. The fourth-order valence-electron chi connectivity index (χ4n) is 2.57. The lowest BCUT2D eigenvalue weighted by Gasteiger charge is -2.14. The summed E-state index contributed by atoms with van der Waals surface area (Å²) in [6.45, 7) is 0.105. The normalized spacial score (nSPS) is 10.6. The molecule has 3 rings (SSSR count). The summed E-state index contributed by atoms with van der Waals surface area (Å²) in [7, 11) is 1.56. The SMILES string of the molecule is COc1cc(/C=N\NC(=S)Nc2ccccc2)cc(I)c1OCc1ccccc1F. The van der Waals surface area contributed by atoms with Crippen LogP contribution in [0.2, 0.25) is 0 Å². The number of anilines is 1. The van der Waals surface area contributed by atoms with Gasteiger partial charge in [0.2, 0.25) is 0 Å². The number of rotatable bonds is 7. The zero-order chi connectivity index (χ0) is 21.3. The Morgan fingerprint density at radius 2 is 1.87 bits per heavy atom. The van der Waals surface area contributed by atoms with E-state index in [1.165, 1.54) is 6.07 Å². The largest absolute Gasteiger partial charge is 0.493 e. The Morgan fingerprint density at radius 1 is 1.13 bits per heavy atom. The van der Waals surface area contributed by atoms with Crippen LogP contribution in [0.15, 0.2) is 71.8 Å². The zero-order valence-corrected chi connectivity index (χ0v) is 19.0. The highest BCUT2D eigenvalue weighted by Gasteiger charge is 2.12. The summed E-state index contributed by atoms with van der Waals surface area (Å²) >= 11 is 7.37. The van der Waals surface area contributed by atoms with Crippen LogP contribution in [-0.4, -0.2) is 18.4 Å². The van der Waals surface area contributed by atoms with Crippen molar-refractivity contribution >= 4 is 51.8 Å². The molecule has 0 unspecified atom stereocenters. The lowest BCUT2D eigenvalue weighted by molar-refractivity contribution is 0.277. The van der Waals surface area contributed by atoms with E-state index in [2.05, 4.69) is 38.4 Å². The Balaban J connectivity index is 1.65. The predicted octanol–water partition coefficient (Wildman–Crippen LogP) is 5.34. The number of nitrogens with one attached hydrogen (secondary N) is 2. The van der Waals surface area contributed by atoms with Crippen LogP contribution in [0.1, 0.15) is 11.1 Å². The molecule has 0 spiro atoms. The zero-order valence-electron chi connectivity index (χ0n) is 16.1. The molecule has 30 heavy (non-hydrogen) atoms. The van der Waals surface area contributed by atoms with E-state index in [4.69, 9.17) is 21.7 Å². The second kappa shape index (κ2) is 10.9. The summed E-state index contributed by atoms with van der Waals surface area (Å²) in [6, 6.07) is 19.8. The van der Waals surface area contributed by atoms with Crippen LogP contribution in [0, 0.1) is 9.39 Å². The van der Waals surface area contributed by atoms with E-state index in [0.717, 1.165) is 14.8 Å². The number of hydrogen-bond acceptors (Lipinski definition) is 4. The van der Waals surface area contributed by atoms with E-state index >= 15 is 0 Å². The minimum Gasteiger partial charge on any atom is -0.493 e. The van der Waals surface area contributed by atoms with Crippen molar-refractivity contribution in [3.63, 3.8) is 0 Å². The van der Waals surface area contributed by atoms with Gasteiger partial charge in [-0.15, -0.1) is 0 Å². The molecule has 0 radical (unpaired) electrons. The number of benzene rings is 3. The summed E-state index contributed by atoms with van der Waals surface area (Å²) in [6.07, 6.45) is 1.63. The molecule has 3 aromatic rings. The highest BCUT2D eigenvalue weighted by atomic mass is 127. The standard InChI is InChI=1S/C22H19FIN3O2S/c1-28-20-12-15(13-25-27-22(30)26-17-8-3-2-4-9-17)11-19(24)21(20)29-14-16-7-5-6-10-18(16)23/h2-13H,14H2,1H3,(H2,26,27,30)/b25-13-. The van der Waals surface area contributed by atoms with Gasteiger partial charge in [-0.05, 0) is 70.7 Å². The topological polar surface area (TPSA) is 54.9 Å². The van der Waals surface area contributed by atoms with Crippen LogP contribution < -0.4 is 20.2 Å². The summed E-state index contributed by atoms with van der Waals surface area (Å²) in [5, 5.41) is 7.58. The number of hydrazone groups is 1. The second-order valence-electron chi connectivity index (χ2n) is 6.10. The number of halogens is 2. The van der Waals surface area contributed by atoms with Gasteiger partial charge < -0.3 is 14.8 Å². The van der Waals surface area contributed by atoms with E-state index in [-0.39, 0.29) is 12.4 Å². The molecule has 0 amide bonds. The van der Waals surface area contributed by atoms with Crippen molar-refractivity contribution in [2.45, 2.75) is 6.61 Å². The van der Waals surface area contributed by atoms with Crippen molar-refractivity contribution in [3.05, 3.63) is 87.2 Å². The first-order chi connectivity index (χ1) is 14.6. The fourth-order valence-corrected chi connectivity index (χ4v) is 3.52. The summed E-state index contributed by atoms with van der Waals surface area (Å²) in [5.74, 6) is 0.777. The molecule has 5 nitrogen and oxygen atoms in total. The summed E-state index contributed by atoms with van der Waals surface area (Å²) in [5.41, 5.74) is 4.92. The fraction of sp³-hybridized carbons (Fsp3) is 0.0909. The van der Waals surface area contributed by atoms with E-state index in [9.17, 15) is 4.39 Å². The smallest absolute Gasteiger partial charge is 0.191 e. The second-order valence-corrected chi connectivity index (χ2v) is 7.67. The third-order valence-electron chi connectivity index (χ3n) is 3.99. The number of hydrogen-bond donors (Lipinski definition) is 2. The van der Waals surface area contributed by atoms with Crippen LogP contribution in [-0.2, 0) is 6.61 Å². The van der Waals surface area contributed by atoms with Crippen molar-refractivity contribution in [3.8, 4) is 11.5 Å². The average molecular weight is 535 g/mol. The molecule has 0 saturated carbocycles. The molecule has 3 aromatic carbocycles. The van der Waals surface area contributed by atoms with E-state index < -0.39 is 0 Å². The van der Waals surface area contributed by atoms with E-state index in [0.29, 0.717) is 22.2 Å². The van der Waals surface area contributed by atoms with Crippen LogP contribution in [0.25, 0.3) is 0 Å². The minimum absolute atomic E-state index is 0.105. The summed E-state index contributed by atoms with van der Waals surface area (Å²) in [4.78, 5) is 0. The highest BCUT2D eigenvalue weighted by molar-refractivity contribution is 14.1. The molecule has 154 valence electrons. The molecule has 0 atom stereocenters. The maximum Gasteiger partial charge on any atom is 0.191 e. The van der Waals surface area contributed by atoms with Gasteiger partial charge >= 0.3 is 0 Å². The molecule has 0 heterocycles. The third-order valence-corrected chi connectivity index (χ3v) is 4.99. The van der Waals surface area contributed by atoms with Gasteiger partial charge in [-0.1, -0.05) is 36.4 Å². The number of nitrogens with zero attached hydrogens (tertiary/aromatic N) is 1. The summed E-state index contributed by atoms with van der Waals surface area (Å²) < 4.78 is 25.9. The molecule has 0 aliphatic heterocycles. The molecule has 0 aliphatic carbocycles. The lowest BCUT2D eigenvalue weighted by Crippen LogP contribution is -2.23. The monoisotopic (exact) mass is 535 g/mol. The number of para-hydroxylation sites is 1. The van der Waals surface area contributed by atoms with E-state index in [1.54, 1.807) is 37.6 Å². The van der Waals surface area contributed by atoms with Gasteiger partial charge in [0.15, 0.2) is 16.6 Å². The van der Waals surface area contributed by atoms with Crippen molar-refractivity contribution in [1.82, 2.24) is 5.43 Å². The van der Waals surface area contributed by atoms with Crippen molar-refractivity contribution in [2.75, 3.05) is 12.4 Å². The van der Waals surface area contributed by atoms with Crippen LogP contribution in [0.5, 0.6) is 11.5 Å². The maximum absolute atomic E-state index is 13.8. The Bertz CT molecular complexity index is 1050. The molecule has 0 saturated heterocycles. The van der Waals surface area contributed by atoms with Gasteiger partial charge in [-0.3, -0.25) is 5.43 Å². The number of methoxy groups -OCH3 is 1. The molecule has 0 aromatic heterocycles. The predicted molar refractivity (Wildman–Crippen MR) is 130 cm³/mol. The first kappa shape index (κ1) is 22.0. The minimum atomic E-state index is -0.304. The van der Waals surface area contributed by atoms with Crippen molar-refractivity contribution < 1.29 is 13.9 Å². The first-order valence-electron chi connectivity index (χ1n) is 8.95. The third kappa shape index (κ3) is 6.14. The van der Waals surface area contributed by atoms with Crippen LogP contribution >= 0.6 is 34.8 Å². The van der Waals surface area contributed by atoms with Gasteiger partial charge in [0.1, 0.15) is 12.4 Å². The Morgan fingerprint density at radius 3 is 2.60 bits per heavy atom. The van der Waals surface area contributed by atoms with Gasteiger partial charge in [0, 0.05) is 11.3 Å². The molecular weight excluding hydrogens is 516 g/mol. The number of thiocarbonyl (C=S) groups is 1.